The number of ether oxygens (including phenoxy) is 3. The largest absolute Gasteiger partial charge is 0.465 e. The summed E-state index contributed by atoms with van der Waals surface area (Å²) in [5.74, 6) is -1.10. The number of benzene rings is 4. The standard InChI is InChI=1S/C34H27ClFN3O6/c1-34(26-12-11-23(35)16-27(26)36)44-30-5-3-4-25(32(30)45-34)21-8-6-20(7-9-21)14-31(40)39-28-13-10-22(33(41)42-2)15-29(28)38-18-24-17-37-19-43-24/h3-13,15-17,19,38H,14,18H2,1-2H3,(H,39,40). The zero-order valence-electron chi connectivity index (χ0n) is 24.2. The first-order valence-electron chi connectivity index (χ1n) is 13.9. The number of halogens is 2. The molecule has 4 aromatic carbocycles. The van der Waals surface area contributed by atoms with Crippen molar-refractivity contribution in [2.45, 2.75) is 25.7 Å². The summed E-state index contributed by atoms with van der Waals surface area (Å²) in [5.41, 5.74) is 3.92. The third-order valence-electron chi connectivity index (χ3n) is 7.28. The molecule has 5 aromatic rings. The van der Waals surface area contributed by atoms with Crippen molar-refractivity contribution < 1.29 is 32.6 Å². The molecule has 0 aliphatic carbocycles. The maximum absolute atomic E-state index is 14.8. The molecule has 45 heavy (non-hydrogen) atoms. The number of aromatic nitrogens is 1. The maximum atomic E-state index is 14.8. The van der Waals surface area contributed by atoms with Crippen LogP contribution >= 0.6 is 11.6 Å². The first kappa shape index (κ1) is 29.7. The topological polar surface area (TPSA) is 112 Å². The fourth-order valence-corrected chi connectivity index (χ4v) is 5.22. The number of methoxy groups -OCH3 is 1. The van der Waals surface area contributed by atoms with Gasteiger partial charge in [-0.2, -0.15) is 0 Å². The molecule has 11 heteroatoms. The summed E-state index contributed by atoms with van der Waals surface area (Å²) in [6.45, 7) is 1.95. The van der Waals surface area contributed by atoms with Gasteiger partial charge in [0.25, 0.3) is 5.79 Å². The molecule has 0 bridgehead atoms. The van der Waals surface area contributed by atoms with E-state index in [9.17, 15) is 14.0 Å². The van der Waals surface area contributed by atoms with Gasteiger partial charge >= 0.3 is 5.97 Å². The number of oxazole rings is 1. The molecular weight excluding hydrogens is 601 g/mol. The van der Waals surface area contributed by atoms with Crippen LogP contribution in [0.5, 0.6) is 11.5 Å². The van der Waals surface area contributed by atoms with Crippen molar-refractivity contribution in [1.29, 1.82) is 0 Å². The number of carbonyl (C=O) groups is 2. The summed E-state index contributed by atoms with van der Waals surface area (Å²) in [7, 11) is 1.30. The normalized spacial score (nSPS) is 15.0. The van der Waals surface area contributed by atoms with Crippen LogP contribution in [0.2, 0.25) is 5.02 Å². The van der Waals surface area contributed by atoms with E-state index in [0.29, 0.717) is 40.7 Å². The van der Waals surface area contributed by atoms with Crippen LogP contribution in [0.15, 0.2) is 95.9 Å². The van der Waals surface area contributed by atoms with Crippen LogP contribution in [0.1, 0.15) is 34.2 Å². The van der Waals surface area contributed by atoms with E-state index in [-0.39, 0.29) is 22.9 Å². The molecule has 0 saturated heterocycles. The van der Waals surface area contributed by atoms with Gasteiger partial charge in [0.2, 0.25) is 5.91 Å². The van der Waals surface area contributed by atoms with Crippen molar-refractivity contribution in [2.24, 2.45) is 0 Å². The Kier molecular flexibility index (Phi) is 8.14. The Morgan fingerprint density at radius 3 is 2.56 bits per heavy atom. The molecule has 1 aliphatic rings. The zero-order chi connectivity index (χ0) is 31.6. The van der Waals surface area contributed by atoms with Crippen LogP contribution in [0.3, 0.4) is 0 Å². The second-order valence-electron chi connectivity index (χ2n) is 10.4. The van der Waals surface area contributed by atoms with Crippen LogP contribution in [-0.4, -0.2) is 24.0 Å². The van der Waals surface area contributed by atoms with E-state index in [2.05, 4.69) is 15.6 Å². The number of nitrogens with one attached hydrogen (secondary N) is 2. The predicted octanol–water partition coefficient (Wildman–Crippen LogP) is 7.36. The summed E-state index contributed by atoms with van der Waals surface area (Å²) < 4.78 is 37.2. The van der Waals surface area contributed by atoms with Gasteiger partial charge < -0.3 is 29.3 Å². The van der Waals surface area contributed by atoms with Gasteiger partial charge in [-0.15, -0.1) is 0 Å². The lowest BCUT2D eigenvalue weighted by Gasteiger charge is -2.24. The number of rotatable bonds is 9. The fourth-order valence-electron chi connectivity index (χ4n) is 5.06. The summed E-state index contributed by atoms with van der Waals surface area (Å²) >= 11 is 5.94. The average molecular weight is 628 g/mol. The number of fused-ring (bicyclic) bond motifs is 1. The predicted molar refractivity (Wildman–Crippen MR) is 166 cm³/mol. The molecule has 6 rings (SSSR count). The molecular formula is C34H27ClFN3O6. The lowest BCUT2D eigenvalue weighted by Crippen LogP contribution is -2.32. The van der Waals surface area contributed by atoms with Crippen molar-refractivity contribution in [2.75, 3.05) is 17.7 Å². The highest BCUT2D eigenvalue weighted by molar-refractivity contribution is 6.30. The Hall–Kier alpha value is -5.35. The van der Waals surface area contributed by atoms with Crippen molar-refractivity contribution >= 4 is 34.9 Å². The highest BCUT2D eigenvalue weighted by Gasteiger charge is 2.42. The van der Waals surface area contributed by atoms with E-state index in [1.54, 1.807) is 49.5 Å². The van der Waals surface area contributed by atoms with Gasteiger partial charge in [-0.3, -0.25) is 4.79 Å². The molecule has 1 unspecified atom stereocenters. The van der Waals surface area contributed by atoms with Crippen molar-refractivity contribution in [3.8, 4) is 22.6 Å². The molecule has 1 atom stereocenters. The molecule has 2 heterocycles. The highest BCUT2D eigenvalue weighted by Crippen LogP contribution is 2.49. The van der Waals surface area contributed by atoms with E-state index in [1.165, 1.54) is 19.6 Å². The highest BCUT2D eigenvalue weighted by atomic mass is 35.5. The van der Waals surface area contributed by atoms with E-state index in [4.69, 9.17) is 30.2 Å². The van der Waals surface area contributed by atoms with Gasteiger partial charge in [0.05, 0.1) is 48.8 Å². The number of carbonyl (C=O) groups excluding carboxylic acids is 2. The summed E-state index contributed by atoms with van der Waals surface area (Å²) in [5, 5.41) is 6.36. The van der Waals surface area contributed by atoms with E-state index in [0.717, 1.165) is 16.7 Å². The molecule has 228 valence electrons. The third-order valence-corrected chi connectivity index (χ3v) is 7.52. The number of hydrogen-bond donors (Lipinski definition) is 2. The smallest absolute Gasteiger partial charge is 0.337 e. The van der Waals surface area contributed by atoms with Crippen LogP contribution in [0, 0.1) is 5.82 Å². The zero-order valence-corrected chi connectivity index (χ0v) is 25.0. The van der Waals surface area contributed by atoms with E-state index < -0.39 is 17.6 Å². The van der Waals surface area contributed by atoms with E-state index in [1.807, 2.05) is 36.4 Å². The Morgan fingerprint density at radius 2 is 1.82 bits per heavy atom. The molecule has 1 aliphatic heterocycles. The first-order valence-corrected chi connectivity index (χ1v) is 14.3. The number of nitrogens with zero attached hydrogens (tertiary/aromatic N) is 1. The van der Waals surface area contributed by atoms with Crippen molar-refractivity contribution in [1.82, 2.24) is 4.98 Å². The monoisotopic (exact) mass is 627 g/mol. The van der Waals surface area contributed by atoms with Crippen LogP contribution < -0.4 is 20.1 Å². The fraction of sp³-hybridized carbons (Fsp3) is 0.147. The van der Waals surface area contributed by atoms with E-state index >= 15 is 0 Å². The van der Waals surface area contributed by atoms with Crippen LogP contribution in [0.25, 0.3) is 11.1 Å². The lowest BCUT2D eigenvalue weighted by molar-refractivity contribution is -0.115. The van der Waals surface area contributed by atoms with Gasteiger partial charge in [-0.25, -0.2) is 14.2 Å². The molecule has 0 fully saturated rings. The maximum Gasteiger partial charge on any atom is 0.337 e. The van der Waals surface area contributed by atoms with Crippen molar-refractivity contribution in [3.05, 3.63) is 125 Å². The van der Waals surface area contributed by atoms with Crippen LogP contribution in [0.4, 0.5) is 15.8 Å². The molecule has 9 nitrogen and oxygen atoms in total. The number of anilines is 2. The SMILES string of the molecule is COC(=O)c1ccc(NC(=O)Cc2ccc(-c3cccc4c3OC(C)(c3ccc(Cl)cc3F)O4)cc2)c(NCc2cnco2)c1. The summed E-state index contributed by atoms with van der Waals surface area (Å²) in [6.07, 6.45) is 2.99. The summed E-state index contributed by atoms with van der Waals surface area (Å²) in [4.78, 5) is 29.1. The minimum atomic E-state index is -1.37. The van der Waals surface area contributed by atoms with Crippen LogP contribution in [-0.2, 0) is 28.3 Å². The van der Waals surface area contributed by atoms with Gasteiger partial charge in [0.1, 0.15) is 11.6 Å². The molecule has 0 saturated carbocycles. The Bertz CT molecular complexity index is 1880. The van der Waals surface area contributed by atoms with Gasteiger partial charge in [0.15, 0.2) is 17.9 Å². The lowest BCUT2D eigenvalue weighted by atomic mass is 10.0. The minimum Gasteiger partial charge on any atom is -0.465 e. The number of esters is 1. The average Bonchev–Trinajstić information content (AvgIpc) is 3.68. The third kappa shape index (κ3) is 6.32. The van der Waals surface area contributed by atoms with Crippen molar-refractivity contribution in [3.63, 3.8) is 0 Å². The number of para-hydroxylation sites is 1. The Balaban J connectivity index is 1.16. The minimum absolute atomic E-state index is 0.0982. The molecule has 0 radical (unpaired) electrons. The molecule has 1 aromatic heterocycles. The summed E-state index contributed by atoms with van der Waals surface area (Å²) in [6, 6.07) is 22.1. The number of amides is 1. The molecule has 2 N–H and O–H groups in total. The Labute approximate surface area is 262 Å². The second kappa shape index (κ2) is 12.3. The number of hydrogen-bond acceptors (Lipinski definition) is 8. The van der Waals surface area contributed by atoms with Gasteiger partial charge in [-0.1, -0.05) is 48.0 Å². The second-order valence-corrected chi connectivity index (χ2v) is 10.8. The molecule has 1 amide bonds. The van der Waals surface area contributed by atoms with Gasteiger partial charge in [-0.05, 0) is 53.6 Å². The molecule has 0 spiro atoms. The Morgan fingerprint density at radius 1 is 1.00 bits per heavy atom. The first-order chi connectivity index (χ1) is 21.7. The van der Waals surface area contributed by atoms with Gasteiger partial charge in [0, 0.05) is 17.5 Å². The quantitative estimate of drug-likeness (QED) is 0.163.